The van der Waals surface area contributed by atoms with E-state index >= 15 is 0 Å². The van der Waals surface area contributed by atoms with Gasteiger partial charge in [-0.1, -0.05) is 0 Å². The van der Waals surface area contributed by atoms with E-state index in [9.17, 15) is 4.79 Å². The number of nitrogens with zero attached hydrogens (tertiary/aromatic N) is 1. The average molecular weight is 382 g/mol. The molecule has 1 N–H and O–H groups in total. The monoisotopic (exact) mass is 382 g/mol. The van der Waals surface area contributed by atoms with Crippen molar-refractivity contribution in [3.8, 4) is 29.1 Å². The fourth-order valence-corrected chi connectivity index (χ4v) is 2.74. The number of nitriles is 1. The van der Waals surface area contributed by atoms with Crippen LogP contribution in [0.4, 0.5) is 5.69 Å². The molecule has 3 rings (SSSR count). The molecule has 2 aromatic rings. The maximum Gasteiger partial charge on any atom is 0.224 e. The zero-order valence-corrected chi connectivity index (χ0v) is 15.7. The lowest BCUT2D eigenvalue weighted by Gasteiger charge is -2.12. The first-order valence-corrected chi connectivity index (χ1v) is 9.10. The molecular weight excluding hydrogens is 360 g/mol. The van der Waals surface area contributed by atoms with Crippen LogP contribution >= 0.6 is 0 Å². The predicted molar refractivity (Wildman–Crippen MR) is 103 cm³/mol. The van der Waals surface area contributed by atoms with Crippen LogP contribution in [0.15, 0.2) is 36.4 Å². The Kier molecular flexibility index (Phi) is 6.58. The Hall–Kier alpha value is -3.40. The van der Waals surface area contributed by atoms with Crippen molar-refractivity contribution in [2.24, 2.45) is 0 Å². The second-order valence-electron chi connectivity index (χ2n) is 6.19. The van der Waals surface area contributed by atoms with E-state index in [0.717, 1.165) is 6.42 Å². The van der Waals surface area contributed by atoms with Crippen molar-refractivity contribution in [3.05, 3.63) is 42.0 Å². The topological polar surface area (TPSA) is 89.8 Å². The number of amides is 1. The molecule has 1 heterocycles. The minimum Gasteiger partial charge on any atom is -0.493 e. The molecule has 2 aromatic carbocycles. The molecule has 0 spiro atoms. The number of hydrogen-bond donors (Lipinski definition) is 1. The van der Waals surface area contributed by atoms with Crippen molar-refractivity contribution in [2.75, 3.05) is 32.2 Å². The summed E-state index contributed by atoms with van der Waals surface area (Å²) in [7, 11) is 1.52. The third-order valence-corrected chi connectivity index (χ3v) is 4.13. The molecule has 0 radical (unpaired) electrons. The minimum absolute atomic E-state index is 0.107. The molecule has 0 saturated carbocycles. The summed E-state index contributed by atoms with van der Waals surface area (Å²) in [6, 6.07) is 12.4. The van der Waals surface area contributed by atoms with E-state index in [-0.39, 0.29) is 5.91 Å². The van der Waals surface area contributed by atoms with Gasteiger partial charge in [0.15, 0.2) is 23.0 Å². The molecular formula is C21H22N2O5. The molecule has 1 aliphatic heterocycles. The number of nitrogens with one attached hydrogen (secondary N) is 1. The smallest absolute Gasteiger partial charge is 0.224 e. The Bertz CT molecular complexity index is 876. The normalized spacial score (nSPS) is 12.4. The fourth-order valence-electron chi connectivity index (χ4n) is 2.74. The Labute approximate surface area is 163 Å². The van der Waals surface area contributed by atoms with Crippen molar-refractivity contribution < 1.29 is 23.7 Å². The lowest BCUT2D eigenvalue weighted by molar-refractivity contribution is -0.116. The van der Waals surface area contributed by atoms with Gasteiger partial charge in [0, 0.05) is 30.7 Å². The summed E-state index contributed by atoms with van der Waals surface area (Å²) in [6.07, 6.45) is 1.69. The van der Waals surface area contributed by atoms with E-state index < -0.39 is 0 Å². The summed E-state index contributed by atoms with van der Waals surface area (Å²) in [5.41, 5.74) is 1.17. The van der Waals surface area contributed by atoms with Gasteiger partial charge < -0.3 is 24.3 Å². The largest absolute Gasteiger partial charge is 0.493 e. The van der Waals surface area contributed by atoms with E-state index in [1.165, 1.54) is 7.11 Å². The molecule has 7 nitrogen and oxygen atoms in total. The van der Waals surface area contributed by atoms with Gasteiger partial charge in [-0.05, 0) is 30.7 Å². The van der Waals surface area contributed by atoms with Crippen LogP contribution in [0.1, 0.15) is 24.8 Å². The number of methoxy groups -OCH3 is 1. The van der Waals surface area contributed by atoms with E-state index in [2.05, 4.69) is 11.4 Å². The number of fused-ring (bicyclic) bond motifs is 1. The van der Waals surface area contributed by atoms with Gasteiger partial charge in [-0.25, -0.2) is 0 Å². The molecule has 146 valence electrons. The summed E-state index contributed by atoms with van der Waals surface area (Å²) in [4.78, 5) is 12.2. The highest BCUT2D eigenvalue weighted by molar-refractivity contribution is 5.91. The van der Waals surface area contributed by atoms with Crippen LogP contribution in [-0.4, -0.2) is 32.8 Å². The lowest BCUT2D eigenvalue weighted by Crippen LogP contribution is -2.13. The van der Waals surface area contributed by atoms with E-state index in [1.807, 2.05) is 0 Å². The molecule has 28 heavy (non-hydrogen) atoms. The Morgan fingerprint density at radius 2 is 1.96 bits per heavy atom. The fraction of sp³-hybridized carbons (Fsp3) is 0.333. The lowest BCUT2D eigenvalue weighted by atomic mass is 10.2. The molecule has 0 aliphatic carbocycles. The van der Waals surface area contributed by atoms with Gasteiger partial charge >= 0.3 is 0 Å². The Balaban J connectivity index is 1.46. The van der Waals surface area contributed by atoms with Crippen LogP contribution in [0.25, 0.3) is 0 Å². The minimum atomic E-state index is -0.107. The van der Waals surface area contributed by atoms with Crippen molar-refractivity contribution in [1.82, 2.24) is 0 Å². The van der Waals surface area contributed by atoms with E-state index in [1.54, 1.807) is 36.4 Å². The van der Waals surface area contributed by atoms with Crippen LogP contribution in [0.3, 0.4) is 0 Å². The summed E-state index contributed by atoms with van der Waals surface area (Å²) in [5, 5.41) is 11.8. The van der Waals surface area contributed by atoms with Crippen LogP contribution in [0.5, 0.6) is 23.0 Å². The molecule has 1 amide bonds. The van der Waals surface area contributed by atoms with Gasteiger partial charge in [0.25, 0.3) is 0 Å². The first-order valence-electron chi connectivity index (χ1n) is 9.10. The third kappa shape index (κ3) is 5.07. The molecule has 0 atom stereocenters. The highest BCUT2D eigenvalue weighted by atomic mass is 16.5. The van der Waals surface area contributed by atoms with Crippen LogP contribution in [-0.2, 0) is 4.79 Å². The number of carbonyl (C=O) groups is 1. The van der Waals surface area contributed by atoms with Gasteiger partial charge in [-0.15, -0.1) is 0 Å². The number of rotatable bonds is 7. The predicted octanol–water partition coefficient (Wildman–Crippen LogP) is 3.53. The number of carbonyl (C=O) groups excluding carboxylic acids is 1. The summed E-state index contributed by atoms with van der Waals surface area (Å²) < 4.78 is 22.1. The maximum atomic E-state index is 12.2. The molecule has 0 aromatic heterocycles. The highest BCUT2D eigenvalue weighted by Crippen LogP contribution is 2.32. The standard InChI is InChI=1S/C21H22N2O5/c1-25-19-12-15(14-22)5-7-17(19)26-9-2-4-21(24)23-16-6-8-18-20(13-16)28-11-3-10-27-18/h5-8,12-13H,2-4,9-11H2,1H3,(H,23,24). The highest BCUT2D eigenvalue weighted by Gasteiger charge is 2.12. The average Bonchev–Trinajstić information content (AvgIpc) is 2.96. The Morgan fingerprint density at radius 1 is 1.14 bits per heavy atom. The molecule has 0 saturated heterocycles. The summed E-state index contributed by atoms with van der Waals surface area (Å²) in [5.74, 6) is 2.28. The van der Waals surface area contributed by atoms with Gasteiger partial charge in [-0.3, -0.25) is 4.79 Å². The molecule has 0 bridgehead atoms. The second-order valence-corrected chi connectivity index (χ2v) is 6.19. The zero-order chi connectivity index (χ0) is 19.8. The van der Waals surface area contributed by atoms with Crippen LogP contribution in [0.2, 0.25) is 0 Å². The van der Waals surface area contributed by atoms with Crippen molar-refractivity contribution in [3.63, 3.8) is 0 Å². The molecule has 1 aliphatic rings. The second kappa shape index (κ2) is 9.51. The SMILES string of the molecule is COc1cc(C#N)ccc1OCCCC(=O)Nc1ccc2c(c1)OCCCO2. The summed E-state index contributed by atoms with van der Waals surface area (Å²) in [6.45, 7) is 1.58. The van der Waals surface area contributed by atoms with Gasteiger partial charge in [-0.2, -0.15) is 5.26 Å². The van der Waals surface area contributed by atoms with Gasteiger partial charge in [0.05, 0.1) is 38.6 Å². The molecule has 0 unspecified atom stereocenters. The van der Waals surface area contributed by atoms with Crippen LogP contribution in [0, 0.1) is 11.3 Å². The van der Waals surface area contributed by atoms with E-state index in [0.29, 0.717) is 66.9 Å². The number of hydrogen-bond acceptors (Lipinski definition) is 6. The molecule has 0 fully saturated rings. The molecule has 7 heteroatoms. The number of benzene rings is 2. The van der Waals surface area contributed by atoms with Crippen molar-refractivity contribution >= 4 is 11.6 Å². The van der Waals surface area contributed by atoms with Crippen molar-refractivity contribution in [2.45, 2.75) is 19.3 Å². The van der Waals surface area contributed by atoms with Crippen LogP contribution < -0.4 is 24.3 Å². The number of ether oxygens (including phenoxy) is 4. The quantitative estimate of drug-likeness (QED) is 0.737. The van der Waals surface area contributed by atoms with Gasteiger partial charge in [0.2, 0.25) is 5.91 Å². The van der Waals surface area contributed by atoms with Gasteiger partial charge in [0.1, 0.15) is 0 Å². The first-order chi connectivity index (χ1) is 13.7. The third-order valence-electron chi connectivity index (χ3n) is 4.13. The van der Waals surface area contributed by atoms with Crippen molar-refractivity contribution in [1.29, 1.82) is 5.26 Å². The summed E-state index contributed by atoms with van der Waals surface area (Å²) >= 11 is 0. The first kappa shape index (κ1) is 19.4. The maximum absolute atomic E-state index is 12.2. The zero-order valence-electron chi connectivity index (χ0n) is 15.7. The Morgan fingerprint density at radius 3 is 2.75 bits per heavy atom. The number of anilines is 1. The van der Waals surface area contributed by atoms with E-state index in [4.69, 9.17) is 24.2 Å².